The van der Waals surface area contributed by atoms with E-state index in [-0.39, 0.29) is 10.8 Å². The zero-order valence-electron chi connectivity index (χ0n) is 15.3. The van der Waals surface area contributed by atoms with Crippen LogP contribution in [0.25, 0.3) is 0 Å². The van der Waals surface area contributed by atoms with E-state index in [2.05, 4.69) is 17.2 Å². The van der Waals surface area contributed by atoms with Crippen LogP contribution in [0.4, 0.5) is 15.6 Å². The van der Waals surface area contributed by atoms with Crippen molar-refractivity contribution in [3.8, 4) is 5.75 Å². The van der Waals surface area contributed by atoms with Crippen molar-refractivity contribution in [2.75, 3.05) is 23.4 Å². The Hall–Kier alpha value is -3.14. The van der Waals surface area contributed by atoms with E-state index in [4.69, 9.17) is 14.9 Å². The fourth-order valence-corrected chi connectivity index (χ4v) is 3.00. The number of hydrogen-bond acceptors (Lipinski definition) is 6. The molecule has 0 aliphatic heterocycles. The summed E-state index contributed by atoms with van der Waals surface area (Å²) in [6.07, 6.45) is 2.73. The minimum Gasteiger partial charge on any atom is -0.482 e. The third kappa shape index (κ3) is 6.23. The Morgan fingerprint density at radius 1 is 1.18 bits per heavy atom. The molecule has 0 saturated heterocycles. The van der Waals surface area contributed by atoms with Gasteiger partial charge >= 0.3 is 18.0 Å². The lowest BCUT2D eigenvalue weighted by atomic mass is 10.2. The Bertz CT molecular complexity index is 821. The number of rotatable bonds is 10. The summed E-state index contributed by atoms with van der Waals surface area (Å²) in [5, 5.41) is 21.8. The van der Waals surface area contributed by atoms with Crippen LogP contribution in [0.15, 0.2) is 29.6 Å². The number of nitrogens with one attached hydrogen (secondary N) is 1. The zero-order chi connectivity index (χ0) is 20.5. The van der Waals surface area contributed by atoms with Crippen molar-refractivity contribution >= 4 is 40.1 Å². The number of benzene rings is 1. The van der Waals surface area contributed by atoms with Crippen molar-refractivity contribution in [3.63, 3.8) is 0 Å². The van der Waals surface area contributed by atoms with Crippen molar-refractivity contribution in [3.05, 3.63) is 35.3 Å². The van der Waals surface area contributed by atoms with Gasteiger partial charge in [0.15, 0.2) is 17.4 Å². The minimum atomic E-state index is -1.16. The van der Waals surface area contributed by atoms with Gasteiger partial charge in [0.25, 0.3) is 0 Å². The molecular weight excluding hydrogens is 386 g/mol. The molecule has 2 aromatic rings. The summed E-state index contributed by atoms with van der Waals surface area (Å²) in [6, 6.07) is 6.07. The number of anilines is 2. The summed E-state index contributed by atoms with van der Waals surface area (Å²) in [6.45, 7) is 2.07. The first-order valence-electron chi connectivity index (χ1n) is 8.62. The first-order valence-corrected chi connectivity index (χ1v) is 9.50. The van der Waals surface area contributed by atoms with E-state index in [0.29, 0.717) is 18.0 Å². The molecule has 0 bridgehead atoms. The lowest BCUT2D eigenvalue weighted by molar-refractivity contribution is -0.139. The summed E-state index contributed by atoms with van der Waals surface area (Å²) in [4.78, 5) is 39.6. The normalized spacial score (nSPS) is 10.3. The SMILES string of the molecule is CCCCCN(C(=O)Nc1nc(C(=O)O)cs1)c1ccc(OCC(=O)O)cc1. The Labute approximate surface area is 165 Å². The van der Waals surface area contributed by atoms with Gasteiger partial charge in [0.1, 0.15) is 5.75 Å². The molecule has 0 atom stereocenters. The highest BCUT2D eigenvalue weighted by Crippen LogP contribution is 2.22. The molecular formula is C18H21N3O6S. The van der Waals surface area contributed by atoms with Gasteiger partial charge in [-0.3, -0.25) is 10.2 Å². The highest BCUT2D eigenvalue weighted by molar-refractivity contribution is 7.14. The number of aliphatic carboxylic acids is 1. The summed E-state index contributed by atoms with van der Waals surface area (Å²) < 4.78 is 5.10. The molecule has 0 unspecified atom stereocenters. The van der Waals surface area contributed by atoms with Gasteiger partial charge in [-0.05, 0) is 30.7 Å². The first kappa shape index (κ1) is 21.2. The number of carboxylic acids is 2. The molecule has 0 radical (unpaired) electrons. The number of carbonyl (C=O) groups is 3. The molecule has 28 heavy (non-hydrogen) atoms. The molecule has 1 heterocycles. The highest BCUT2D eigenvalue weighted by atomic mass is 32.1. The van der Waals surface area contributed by atoms with E-state index in [9.17, 15) is 14.4 Å². The van der Waals surface area contributed by atoms with E-state index >= 15 is 0 Å². The summed E-state index contributed by atoms with van der Waals surface area (Å²) >= 11 is 1.03. The predicted molar refractivity (Wildman–Crippen MR) is 105 cm³/mol. The quantitative estimate of drug-likeness (QED) is 0.514. The second-order valence-corrected chi connectivity index (χ2v) is 6.67. The van der Waals surface area contributed by atoms with Crippen molar-refractivity contribution in [1.29, 1.82) is 0 Å². The summed E-state index contributed by atoms with van der Waals surface area (Å²) in [7, 11) is 0. The molecule has 0 aliphatic carbocycles. The maximum atomic E-state index is 12.7. The molecule has 150 valence electrons. The van der Waals surface area contributed by atoms with E-state index in [1.54, 1.807) is 24.3 Å². The Morgan fingerprint density at radius 2 is 1.89 bits per heavy atom. The van der Waals surface area contributed by atoms with Crippen LogP contribution in [0.3, 0.4) is 0 Å². The smallest absolute Gasteiger partial charge is 0.355 e. The summed E-state index contributed by atoms with van der Waals surface area (Å²) in [5.41, 5.74) is 0.476. The fraction of sp³-hybridized carbons (Fsp3) is 0.333. The number of carboxylic acid groups (broad SMARTS) is 2. The van der Waals surface area contributed by atoms with Crippen molar-refractivity contribution < 1.29 is 29.3 Å². The van der Waals surface area contributed by atoms with Gasteiger partial charge in [-0.2, -0.15) is 0 Å². The standard InChI is InChI=1S/C18H21N3O6S/c1-2-3-4-9-21(12-5-7-13(8-6-12)27-10-15(22)23)18(26)20-17-19-14(11-28-17)16(24)25/h5-8,11H,2-4,9-10H2,1H3,(H,22,23)(H,24,25)(H,19,20,26). The van der Waals surface area contributed by atoms with Crippen molar-refractivity contribution in [1.82, 2.24) is 4.98 Å². The molecule has 0 spiro atoms. The van der Waals surface area contributed by atoms with Crippen molar-refractivity contribution in [2.45, 2.75) is 26.2 Å². The van der Waals surface area contributed by atoms with Gasteiger partial charge < -0.3 is 14.9 Å². The number of urea groups is 1. The van der Waals surface area contributed by atoms with Gasteiger partial charge in [-0.15, -0.1) is 11.3 Å². The zero-order valence-corrected chi connectivity index (χ0v) is 16.1. The number of unbranched alkanes of at least 4 members (excludes halogenated alkanes) is 2. The molecule has 3 N–H and O–H groups in total. The van der Waals surface area contributed by atoms with Gasteiger partial charge in [-0.1, -0.05) is 19.8 Å². The largest absolute Gasteiger partial charge is 0.482 e. The Kier molecular flexibility index (Phi) is 7.76. The third-order valence-corrected chi connectivity index (χ3v) is 4.44. The van der Waals surface area contributed by atoms with Crippen LogP contribution in [0.2, 0.25) is 0 Å². The van der Waals surface area contributed by atoms with Crippen LogP contribution in [0, 0.1) is 0 Å². The fourth-order valence-electron chi connectivity index (χ4n) is 2.32. The highest BCUT2D eigenvalue weighted by Gasteiger charge is 2.18. The van der Waals surface area contributed by atoms with Crippen LogP contribution in [0.5, 0.6) is 5.75 Å². The second-order valence-electron chi connectivity index (χ2n) is 5.81. The average Bonchev–Trinajstić information content (AvgIpc) is 3.13. The predicted octanol–water partition coefficient (Wildman–Crippen LogP) is 3.53. The maximum Gasteiger partial charge on any atom is 0.355 e. The van der Waals surface area contributed by atoms with Crippen molar-refractivity contribution in [2.24, 2.45) is 0 Å². The number of thiazole rings is 1. The number of aromatic nitrogens is 1. The van der Waals surface area contributed by atoms with Crippen LogP contribution in [-0.2, 0) is 4.79 Å². The monoisotopic (exact) mass is 407 g/mol. The molecule has 0 fully saturated rings. The van der Waals surface area contributed by atoms with E-state index in [0.717, 1.165) is 30.6 Å². The molecule has 0 aliphatic rings. The van der Waals surface area contributed by atoms with Gasteiger partial charge in [0.2, 0.25) is 0 Å². The van der Waals surface area contributed by atoms with E-state index in [1.165, 1.54) is 10.3 Å². The van der Waals surface area contributed by atoms with Crippen LogP contribution < -0.4 is 15.0 Å². The van der Waals surface area contributed by atoms with Crippen LogP contribution in [0.1, 0.15) is 36.7 Å². The first-order chi connectivity index (χ1) is 13.4. The maximum absolute atomic E-state index is 12.7. The average molecular weight is 407 g/mol. The molecule has 9 nitrogen and oxygen atoms in total. The second kappa shape index (κ2) is 10.3. The van der Waals surface area contributed by atoms with Gasteiger partial charge in [0.05, 0.1) is 0 Å². The topological polar surface area (TPSA) is 129 Å². The lowest BCUT2D eigenvalue weighted by Crippen LogP contribution is -2.35. The molecule has 2 amide bonds. The molecule has 0 saturated carbocycles. The van der Waals surface area contributed by atoms with Crippen LogP contribution in [-0.4, -0.2) is 46.3 Å². The minimum absolute atomic E-state index is 0.127. The molecule has 10 heteroatoms. The van der Waals surface area contributed by atoms with Gasteiger partial charge in [0, 0.05) is 17.6 Å². The lowest BCUT2D eigenvalue weighted by Gasteiger charge is -2.23. The van der Waals surface area contributed by atoms with Gasteiger partial charge in [-0.25, -0.2) is 19.4 Å². The third-order valence-electron chi connectivity index (χ3n) is 3.68. The van der Waals surface area contributed by atoms with Crippen LogP contribution >= 0.6 is 11.3 Å². The summed E-state index contributed by atoms with van der Waals surface area (Å²) in [5.74, 6) is -1.85. The van der Waals surface area contributed by atoms with E-state index in [1.807, 2.05) is 0 Å². The number of nitrogens with zero attached hydrogens (tertiary/aromatic N) is 2. The molecule has 2 rings (SSSR count). The Balaban J connectivity index is 2.11. The molecule has 1 aromatic heterocycles. The number of hydrogen-bond donors (Lipinski definition) is 3. The number of aromatic carboxylic acids is 1. The molecule has 1 aromatic carbocycles. The Morgan fingerprint density at radius 3 is 2.46 bits per heavy atom. The number of ether oxygens (including phenoxy) is 1. The number of carbonyl (C=O) groups excluding carboxylic acids is 1. The number of amides is 2. The van der Waals surface area contributed by atoms with E-state index < -0.39 is 24.6 Å².